The number of carbonyl (C=O) groups is 2. The Morgan fingerprint density at radius 2 is 1.88 bits per heavy atom. The van der Waals surface area contributed by atoms with Gasteiger partial charge in [0.15, 0.2) is 5.82 Å². The molecule has 0 radical (unpaired) electrons. The Morgan fingerprint density at radius 3 is 2.59 bits per heavy atom. The first-order valence-corrected chi connectivity index (χ1v) is 10.8. The summed E-state index contributed by atoms with van der Waals surface area (Å²) in [5.41, 5.74) is 1.73. The molecule has 0 bridgehead atoms. The second-order valence-corrected chi connectivity index (χ2v) is 7.22. The average Bonchev–Trinajstić information content (AvgIpc) is 3.40. The van der Waals surface area contributed by atoms with Gasteiger partial charge in [-0.1, -0.05) is 32.4 Å². The van der Waals surface area contributed by atoms with Gasteiger partial charge in [0.2, 0.25) is 6.41 Å². The van der Waals surface area contributed by atoms with Crippen LogP contribution in [-0.2, 0) is 15.1 Å². The van der Waals surface area contributed by atoms with Crippen molar-refractivity contribution in [1.29, 1.82) is 0 Å². The van der Waals surface area contributed by atoms with Crippen molar-refractivity contribution in [2.45, 2.75) is 51.6 Å². The fourth-order valence-electron chi connectivity index (χ4n) is 3.95. The molecule has 168 valence electrons. The molecule has 0 atom stereocenters. The summed E-state index contributed by atoms with van der Waals surface area (Å²) in [5.74, 6) is -0.152. The minimum Gasteiger partial charge on any atom is -0.450 e. The SMILES string of the molecule is CC.O=C1OC2(CCCCC2)c2cnccc21.O=CNc1ccn(-c2ccccc2F)n1. The van der Waals surface area contributed by atoms with Gasteiger partial charge < -0.3 is 10.1 Å². The number of para-hydroxylation sites is 1. The summed E-state index contributed by atoms with van der Waals surface area (Å²) >= 11 is 0. The summed E-state index contributed by atoms with van der Waals surface area (Å²) < 4.78 is 20.3. The van der Waals surface area contributed by atoms with E-state index in [1.165, 1.54) is 17.2 Å². The molecule has 1 fully saturated rings. The van der Waals surface area contributed by atoms with E-state index in [2.05, 4.69) is 15.4 Å². The number of ether oxygens (including phenoxy) is 1. The number of anilines is 1. The molecule has 3 aromatic rings. The minimum absolute atomic E-state index is 0.172. The van der Waals surface area contributed by atoms with Crippen LogP contribution in [0.15, 0.2) is 55.0 Å². The van der Waals surface area contributed by atoms with Crippen LogP contribution >= 0.6 is 0 Å². The summed E-state index contributed by atoms with van der Waals surface area (Å²) in [6.07, 6.45) is 11.0. The molecule has 1 spiro atoms. The molecule has 8 heteroatoms. The average molecular weight is 439 g/mol. The van der Waals surface area contributed by atoms with Crippen LogP contribution in [0.1, 0.15) is 61.9 Å². The number of benzene rings is 1. The van der Waals surface area contributed by atoms with Crippen LogP contribution < -0.4 is 5.32 Å². The van der Waals surface area contributed by atoms with Crippen molar-refractivity contribution in [3.8, 4) is 5.69 Å². The number of pyridine rings is 1. The first-order chi connectivity index (χ1) is 15.6. The van der Waals surface area contributed by atoms with E-state index in [1.807, 2.05) is 13.8 Å². The van der Waals surface area contributed by atoms with E-state index in [0.717, 1.165) is 31.2 Å². The summed E-state index contributed by atoms with van der Waals surface area (Å²) in [6.45, 7) is 4.00. The van der Waals surface area contributed by atoms with Crippen molar-refractivity contribution in [3.05, 3.63) is 71.9 Å². The van der Waals surface area contributed by atoms with E-state index in [1.54, 1.807) is 48.9 Å². The predicted octanol–water partition coefficient (Wildman–Crippen LogP) is 5.02. The highest BCUT2D eigenvalue weighted by Crippen LogP contribution is 2.46. The van der Waals surface area contributed by atoms with Gasteiger partial charge in [0.1, 0.15) is 17.1 Å². The van der Waals surface area contributed by atoms with Gasteiger partial charge in [-0.05, 0) is 43.9 Å². The largest absolute Gasteiger partial charge is 0.450 e. The standard InChI is InChI=1S/C12H13NO2.C10H8FN3O.C2H6/c14-11-9-4-7-13-8-10(9)12(15-11)5-2-1-3-6-12;11-8-3-1-2-4-9(8)14-6-5-10(13-14)12-7-15;1-2/h4,7-8H,1-3,5-6H2;1-7H,(H,12,13,15);1-2H3. The lowest BCUT2D eigenvalue weighted by Crippen LogP contribution is -2.28. The lowest BCUT2D eigenvalue weighted by atomic mass is 9.80. The molecule has 1 amide bonds. The minimum atomic E-state index is -0.363. The number of aromatic nitrogens is 3. The highest BCUT2D eigenvalue weighted by Gasteiger charge is 2.45. The third kappa shape index (κ3) is 4.85. The van der Waals surface area contributed by atoms with Crippen molar-refractivity contribution in [2.24, 2.45) is 0 Å². The highest BCUT2D eigenvalue weighted by atomic mass is 19.1. The molecule has 5 rings (SSSR count). The summed E-state index contributed by atoms with van der Waals surface area (Å²) in [6, 6.07) is 9.62. The Bertz CT molecular complexity index is 1060. The molecule has 7 nitrogen and oxygen atoms in total. The third-order valence-corrected chi connectivity index (χ3v) is 5.38. The van der Waals surface area contributed by atoms with Crippen LogP contribution in [-0.4, -0.2) is 27.1 Å². The molecule has 2 aromatic heterocycles. The normalized spacial score (nSPS) is 15.4. The van der Waals surface area contributed by atoms with Crippen molar-refractivity contribution in [3.63, 3.8) is 0 Å². The molecule has 1 N–H and O–H groups in total. The number of carbonyl (C=O) groups excluding carboxylic acids is 2. The Labute approximate surface area is 186 Å². The van der Waals surface area contributed by atoms with Crippen LogP contribution in [0.4, 0.5) is 10.2 Å². The summed E-state index contributed by atoms with van der Waals surface area (Å²) in [4.78, 5) is 25.9. The van der Waals surface area contributed by atoms with Crippen molar-refractivity contribution in [2.75, 3.05) is 5.32 Å². The molecule has 1 aromatic carbocycles. The quantitative estimate of drug-likeness (QED) is 0.458. The van der Waals surface area contributed by atoms with Gasteiger partial charge in [-0.25, -0.2) is 13.9 Å². The van der Waals surface area contributed by atoms with E-state index in [-0.39, 0.29) is 17.4 Å². The Kier molecular flexibility index (Phi) is 7.70. The van der Waals surface area contributed by atoms with E-state index < -0.39 is 0 Å². The number of nitrogens with one attached hydrogen (secondary N) is 1. The summed E-state index contributed by atoms with van der Waals surface area (Å²) in [5, 5.41) is 6.35. The van der Waals surface area contributed by atoms with Crippen LogP contribution in [0, 0.1) is 5.82 Å². The van der Waals surface area contributed by atoms with Gasteiger partial charge in [0, 0.05) is 30.2 Å². The van der Waals surface area contributed by atoms with Crippen molar-refractivity contribution in [1.82, 2.24) is 14.8 Å². The van der Waals surface area contributed by atoms with E-state index >= 15 is 0 Å². The van der Waals surface area contributed by atoms with E-state index in [9.17, 15) is 14.0 Å². The molecule has 3 heterocycles. The van der Waals surface area contributed by atoms with Crippen LogP contribution in [0.25, 0.3) is 5.69 Å². The topological polar surface area (TPSA) is 86.1 Å². The van der Waals surface area contributed by atoms with Gasteiger partial charge in [0.05, 0.1) is 5.56 Å². The van der Waals surface area contributed by atoms with Gasteiger partial charge in [-0.2, -0.15) is 0 Å². The number of rotatable bonds is 3. The molecule has 0 unspecified atom stereocenters. The van der Waals surface area contributed by atoms with E-state index in [4.69, 9.17) is 4.74 Å². The number of nitrogens with zero attached hydrogens (tertiary/aromatic N) is 3. The van der Waals surface area contributed by atoms with Crippen molar-refractivity contribution < 1.29 is 18.7 Å². The summed E-state index contributed by atoms with van der Waals surface area (Å²) in [7, 11) is 0. The predicted molar refractivity (Wildman–Crippen MR) is 119 cm³/mol. The number of hydrogen-bond donors (Lipinski definition) is 1. The zero-order chi connectivity index (χ0) is 23.0. The third-order valence-electron chi connectivity index (χ3n) is 5.38. The monoisotopic (exact) mass is 438 g/mol. The smallest absolute Gasteiger partial charge is 0.339 e. The fraction of sp³-hybridized carbons (Fsp3) is 0.333. The van der Waals surface area contributed by atoms with Crippen LogP contribution in [0.2, 0.25) is 0 Å². The highest BCUT2D eigenvalue weighted by molar-refractivity contribution is 5.94. The lowest BCUT2D eigenvalue weighted by molar-refractivity contribution is -0.105. The molecule has 2 aliphatic rings. The van der Waals surface area contributed by atoms with Crippen LogP contribution in [0.5, 0.6) is 0 Å². The number of esters is 1. The maximum atomic E-state index is 13.3. The second-order valence-electron chi connectivity index (χ2n) is 7.22. The fourth-order valence-corrected chi connectivity index (χ4v) is 3.95. The molecule has 1 aliphatic heterocycles. The second kappa shape index (κ2) is 10.7. The molecule has 1 saturated carbocycles. The molecular weight excluding hydrogens is 411 g/mol. The lowest BCUT2D eigenvalue weighted by Gasteiger charge is -2.32. The Balaban J connectivity index is 0.000000168. The number of halogens is 1. The van der Waals surface area contributed by atoms with Gasteiger partial charge in [-0.3, -0.25) is 9.78 Å². The maximum Gasteiger partial charge on any atom is 0.339 e. The van der Waals surface area contributed by atoms with Crippen molar-refractivity contribution >= 4 is 18.2 Å². The Hall–Kier alpha value is -3.55. The molecule has 0 saturated heterocycles. The van der Waals surface area contributed by atoms with Gasteiger partial charge in [0.25, 0.3) is 0 Å². The zero-order valence-electron chi connectivity index (χ0n) is 18.3. The van der Waals surface area contributed by atoms with Gasteiger partial charge in [-0.15, -0.1) is 5.10 Å². The molecular formula is C24H27FN4O3. The number of fused-ring (bicyclic) bond motifs is 2. The van der Waals surface area contributed by atoms with E-state index in [0.29, 0.717) is 23.5 Å². The van der Waals surface area contributed by atoms with Crippen LogP contribution in [0.3, 0.4) is 0 Å². The maximum absolute atomic E-state index is 13.3. The number of amides is 1. The molecule has 32 heavy (non-hydrogen) atoms. The zero-order valence-corrected chi connectivity index (χ0v) is 18.3. The first-order valence-electron chi connectivity index (χ1n) is 10.8. The Morgan fingerprint density at radius 1 is 1.12 bits per heavy atom. The first kappa shape index (κ1) is 23.1. The number of hydrogen-bond acceptors (Lipinski definition) is 5. The molecule has 1 aliphatic carbocycles. The van der Waals surface area contributed by atoms with Gasteiger partial charge >= 0.3 is 5.97 Å².